The highest BCUT2D eigenvalue weighted by molar-refractivity contribution is 5.93. The molecule has 18 heavy (non-hydrogen) atoms. The number of hydrogen-bond donors (Lipinski definition) is 2. The van der Waals surface area contributed by atoms with E-state index in [1.54, 1.807) is 0 Å². The van der Waals surface area contributed by atoms with E-state index in [1.165, 1.54) is 0 Å². The summed E-state index contributed by atoms with van der Waals surface area (Å²) in [6.07, 6.45) is 1.75. The van der Waals surface area contributed by atoms with E-state index in [4.69, 9.17) is 5.73 Å². The van der Waals surface area contributed by atoms with Gasteiger partial charge in [-0.1, -0.05) is 32.0 Å². The van der Waals surface area contributed by atoms with Gasteiger partial charge >= 0.3 is 0 Å². The second kappa shape index (κ2) is 7.17. The van der Waals surface area contributed by atoms with Crippen LogP contribution in [0.4, 0.5) is 5.69 Å². The fraction of sp³-hybridized carbons (Fsp3) is 0.533. The van der Waals surface area contributed by atoms with E-state index in [0.717, 1.165) is 24.1 Å². The first-order chi connectivity index (χ1) is 8.56. The zero-order chi connectivity index (χ0) is 13.5. The summed E-state index contributed by atoms with van der Waals surface area (Å²) in [5.74, 6) is 0.474. The second-order valence-corrected chi connectivity index (χ2v) is 5.09. The molecule has 0 bridgehead atoms. The number of amides is 1. The number of aryl methyl sites for hydroxylation is 1. The van der Waals surface area contributed by atoms with Crippen LogP contribution in [-0.2, 0) is 4.79 Å². The lowest BCUT2D eigenvalue weighted by atomic mass is 9.90. The molecule has 0 aliphatic heterocycles. The molecule has 0 aliphatic rings. The van der Waals surface area contributed by atoms with E-state index in [9.17, 15) is 4.79 Å². The van der Waals surface area contributed by atoms with Crippen molar-refractivity contribution in [2.45, 2.75) is 33.6 Å². The van der Waals surface area contributed by atoms with Crippen molar-refractivity contribution >= 4 is 11.6 Å². The first-order valence-electron chi connectivity index (χ1n) is 6.62. The summed E-state index contributed by atoms with van der Waals surface area (Å²) in [4.78, 5) is 12.3. The third-order valence-corrected chi connectivity index (χ3v) is 3.26. The molecule has 0 aliphatic carbocycles. The zero-order valence-corrected chi connectivity index (χ0v) is 11.6. The van der Waals surface area contributed by atoms with Gasteiger partial charge in [-0.2, -0.15) is 0 Å². The van der Waals surface area contributed by atoms with Gasteiger partial charge in [0.1, 0.15) is 0 Å². The van der Waals surface area contributed by atoms with Crippen LogP contribution in [0.5, 0.6) is 0 Å². The van der Waals surface area contributed by atoms with Crippen molar-refractivity contribution in [1.29, 1.82) is 0 Å². The maximum absolute atomic E-state index is 12.3. The highest BCUT2D eigenvalue weighted by Gasteiger charge is 2.21. The average Bonchev–Trinajstić information content (AvgIpc) is 2.32. The van der Waals surface area contributed by atoms with Crippen LogP contribution < -0.4 is 11.1 Å². The van der Waals surface area contributed by atoms with Crippen LogP contribution in [0.25, 0.3) is 0 Å². The minimum atomic E-state index is 0.0353. The van der Waals surface area contributed by atoms with Crippen molar-refractivity contribution in [2.75, 3.05) is 11.9 Å². The average molecular weight is 248 g/mol. The monoisotopic (exact) mass is 248 g/mol. The van der Waals surface area contributed by atoms with E-state index < -0.39 is 0 Å². The van der Waals surface area contributed by atoms with E-state index in [2.05, 4.69) is 19.2 Å². The second-order valence-electron chi connectivity index (χ2n) is 5.09. The lowest BCUT2D eigenvalue weighted by molar-refractivity contribution is -0.121. The van der Waals surface area contributed by atoms with Gasteiger partial charge in [-0.25, -0.2) is 0 Å². The van der Waals surface area contributed by atoms with Crippen LogP contribution in [0.15, 0.2) is 24.3 Å². The largest absolute Gasteiger partial charge is 0.330 e. The molecule has 1 aromatic rings. The molecule has 0 spiro atoms. The number of nitrogens with one attached hydrogen (secondary N) is 1. The molecule has 1 rings (SSSR count). The van der Waals surface area contributed by atoms with Crippen LogP contribution in [0.3, 0.4) is 0 Å². The van der Waals surface area contributed by atoms with Crippen molar-refractivity contribution in [3.05, 3.63) is 29.8 Å². The molecule has 1 aromatic carbocycles. The highest BCUT2D eigenvalue weighted by Crippen LogP contribution is 2.21. The Morgan fingerprint density at radius 3 is 2.56 bits per heavy atom. The van der Waals surface area contributed by atoms with Gasteiger partial charge in [0, 0.05) is 11.6 Å². The standard InChI is InChI=1S/C15H24N2O/c1-11(2)13(8-6-10-16)15(18)17-14-9-5-4-7-12(14)3/h4-5,7,9,11,13H,6,8,10,16H2,1-3H3,(H,17,18). The number of nitrogens with two attached hydrogens (primary N) is 1. The molecule has 3 nitrogen and oxygen atoms in total. The quantitative estimate of drug-likeness (QED) is 0.813. The number of hydrogen-bond acceptors (Lipinski definition) is 2. The third kappa shape index (κ3) is 4.15. The van der Waals surface area contributed by atoms with Gasteiger partial charge in [0.15, 0.2) is 0 Å². The molecule has 0 radical (unpaired) electrons. The SMILES string of the molecule is Cc1ccccc1NC(=O)C(CCCN)C(C)C. The van der Waals surface area contributed by atoms with E-state index >= 15 is 0 Å². The number of anilines is 1. The Labute approximate surface area is 110 Å². The van der Waals surface area contributed by atoms with Gasteiger partial charge in [-0.15, -0.1) is 0 Å². The van der Waals surface area contributed by atoms with Gasteiger partial charge in [0.05, 0.1) is 0 Å². The Bertz CT molecular complexity index is 388. The third-order valence-electron chi connectivity index (χ3n) is 3.26. The zero-order valence-electron chi connectivity index (χ0n) is 11.6. The van der Waals surface area contributed by atoms with Gasteiger partial charge in [-0.3, -0.25) is 4.79 Å². The molecule has 100 valence electrons. The van der Waals surface area contributed by atoms with Crippen LogP contribution in [0.1, 0.15) is 32.3 Å². The van der Waals surface area contributed by atoms with Crippen molar-refractivity contribution in [2.24, 2.45) is 17.6 Å². The minimum absolute atomic E-state index is 0.0353. The Morgan fingerprint density at radius 1 is 1.33 bits per heavy atom. The summed E-state index contributed by atoms with van der Waals surface area (Å²) in [6.45, 7) is 6.80. The maximum Gasteiger partial charge on any atom is 0.227 e. The number of carbonyl (C=O) groups is 1. The van der Waals surface area contributed by atoms with Crippen molar-refractivity contribution in [3.8, 4) is 0 Å². The van der Waals surface area contributed by atoms with Crippen LogP contribution in [-0.4, -0.2) is 12.5 Å². The van der Waals surface area contributed by atoms with Crippen LogP contribution >= 0.6 is 0 Å². The predicted molar refractivity (Wildman–Crippen MR) is 76.4 cm³/mol. The molecule has 1 atom stereocenters. The molecule has 3 N–H and O–H groups in total. The molecule has 0 heterocycles. The smallest absolute Gasteiger partial charge is 0.227 e. The summed E-state index contributed by atoms with van der Waals surface area (Å²) >= 11 is 0. The summed E-state index contributed by atoms with van der Waals surface area (Å²) < 4.78 is 0. The highest BCUT2D eigenvalue weighted by atomic mass is 16.1. The molecule has 0 saturated carbocycles. The number of para-hydroxylation sites is 1. The first-order valence-corrected chi connectivity index (χ1v) is 6.62. The molecule has 0 fully saturated rings. The Balaban J connectivity index is 2.70. The summed E-state index contributed by atoms with van der Waals surface area (Å²) in [5.41, 5.74) is 7.52. The molecular formula is C15H24N2O. The fourth-order valence-electron chi connectivity index (χ4n) is 2.04. The van der Waals surface area contributed by atoms with Gasteiger partial charge < -0.3 is 11.1 Å². The van der Waals surface area contributed by atoms with Crippen molar-refractivity contribution < 1.29 is 4.79 Å². The molecule has 0 aromatic heterocycles. The summed E-state index contributed by atoms with van der Waals surface area (Å²) in [6, 6.07) is 7.85. The van der Waals surface area contributed by atoms with E-state index in [0.29, 0.717) is 12.5 Å². The Kier molecular flexibility index (Phi) is 5.86. The Morgan fingerprint density at radius 2 is 2.00 bits per heavy atom. The molecular weight excluding hydrogens is 224 g/mol. The van der Waals surface area contributed by atoms with E-state index in [-0.39, 0.29) is 11.8 Å². The Hall–Kier alpha value is -1.35. The fourth-order valence-corrected chi connectivity index (χ4v) is 2.04. The number of carbonyl (C=O) groups excluding carboxylic acids is 1. The minimum Gasteiger partial charge on any atom is -0.330 e. The topological polar surface area (TPSA) is 55.1 Å². The van der Waals surface area contributed by atoms with E-state index in [1.807, 2.05) is 31.2 Å². The van der Waals surface area contributed by atoms with Gasteiger partial charge in [0.2, 0.25) is 5.91 Å². The van der Waals surface area contributed by atoms with Crippen LogP contribution in [0.2, 0.25) is 0 Å². The number of benzene rings is 1. The van der Waals surface area contributed by atoms with Crippen LogP contribution in [0, 0.1) is 18.8 Å². The van der Waals surface area contributed by atoms with Crippen molar-refractivity contribution in [1.82, 2.24) is 0 Å². The summed E-state index contributed by atoms with van der Waals surface area (Å²) in [7, 11) is 0. The molecule has 1 amide bonds. The lowest BCUT2D eigenvalue weighted by Crippen LogP contribution is -2.27. The molecule has 1 unspecified atom stereocenters. The molecule has 0 saturated heterocycles. The normalized spacial score (nSPS) is 12.5. The lowest BCUT2D eigenvalue weighted by Gasteiger charge is -2.20. The first kappa shape index (κ1) is 14.7. The number of rotatable bonds is 6. The van der Waals surface area contributed by atoms with Gasteiger partial charge in [0.25, 0.3) is 0 Å². The van der Waals surface area contributed by atoms with Crippen molar-refractivity contribution in [3.63, 3.8) is 0 Å². The summed E-state index contributed by atoms with van der Waals surface area (Å²) in [5, 5.41) is 3.02. The predicted octanol–water partition coefficient (Wildman–Crippen LogP) is 2.94. The molecule has 3 heteroatoms. The maximum atomic E-state index is 12.3. The van der Waals surface area contributed by atoms with Gasteiger partial charge in [-0.05, 0) is 43.9 Å².